The Morgan fingerprint density at radius 3 is 2.60 bits per heavy atom. The summed E-state index contributed by atoms with van der Waals surface area (Å²) in [5.74, 6) is 0.285. The minimum Gasteiger partial charge on any atom is -0.448 e. The van der Waals surface area contributed by atoms with Crippen LogP contribution < -0.4 is 5.43 Å². The second kappa shape index (κ2) is 5.90. The lowest BCUT2D eigenvalue weighted by atomic mass is 10.1. The van der Waals surface area contributed by atoms with Gasteiger partial charge >= 0.3 is 12.3 Å². The van der Waals surface area contributed by atoms with E-state index in [-0.39, 0.29) is 23.2 Å². The fourth-order valence-corrected chi connectivity index (χ4v) is 1.72. The predicted molar refractivity (Wildman–Crippen MR) is 65.2 cm³/mol. The Hall–Kier alpha value is -1.44. The van der Waals surface area contributed by atoms with Crippen LogP contribution >= 0.6 is 0 Å². The van der Waals surface area contributed by atoms with Gasteiger partial charge in [-0.1, -0.05) is 13.8 Å². The number of rotatable bonds is 4. The van der Waals surface area contributed by atoms with Crippen LogP contribution in [-0.2, 0) is 4.74 Å². The predicted octanol–water partition coefficient (Wildman–Crippen LogP) is 2.53. The molecule has 0 fully saturated rings. The largest absolute Gasteiger partial charge is 0.448 e. The normalized spacial score (nSPS) is 22.8. The van der Waals surface area contributed by atoms with Crippen LogP contribution in [0.5, 0.6) is 0 Å². The van der Waals surface area contributed by atoms with Crippen LogP contribution in [0.15, 0.2) is 11.8 Å². The minimum atomic E-state index is -5.02. The molecule has 8 heteroatoms. The van der Waals surface area contributed by atoms with Gasteiger partial charge in [-0.05, 0) is 25.7 Å². The Morgan fingerprint density at radius 1 is 1.55 bits per heavy atom. The summed E-state index contributed by atoms with van der Waals surface area (Å²) >= 11 is 0. The molecule has 1 atom stereocenters. The molecule has 0 aromatic carbocycles. The lowest BCUT2D eigenvalue weighted by Gasteiger charge is -2.32. The number of amides is 1. The SMILES string of the molecule is CCOC(=O)N1NC(CCC(C)C)=CC1(O)C(F)(F)F. The summed E-state index contributed by atoms with van der Waals surface area (Å²) in [6.07, 6.45) is -4.75. The van der Waals surface area contributed by atoms with Crippen molar-refractivity contribution < 1.29 is 27.8 Å². The van der Waals surface area contributed by atoms with E-state index in [0.29, 0.717) is 18.9 Å². The number of halogens is 3. The van der Waals surface area contributed by atoms with Gasteiger partial charge in [0.05, 0.1) is 6.61 Å². The third-order valence-electron chi connectivity index (χ3n) is 2.83. The zero-order valence-electron chi connectivity index (χ0n) is 11.6. The van der Waals surface area contributed by atoms with Gasteiger partial charge in [-0.25, -0.2) is 4.79 Å². The first-order valence-electron chi connectivity index (χ1n) is 6.36. The van der Waals surface area contributed by atoms with E-state index in [4.69, 9.17) is 0 Å². The molecule has 116 valence electrons. The Kier molecular flexibility index (Phi) is 4.90. The molecule has 0 bridgehead atoms. The van der Waals surface area contributed by atoms with Crippen LogP contribution in [0.2, 0.25) is 0 Å². The summed E-state index contributed by atoms with van der Waals surface area (Å²) in [5.41, 5.74) is -0.960. The lowest BCUT2D eigenvalue weighted by Crippen LogP contribution is -2.60. The van der Waals surface area contributed by atoms with E-state index in [1.54, 1.807) is 0 Å². The van der Waals surface area contributed by atoms with Gasteiger partial charge in [0.25, 0.3) is 5.72 Å². The quantitative estimate of drug-likeness (QED) is 0.837. The number of carbonyl (C=O) groups excluding carboxylic acids is 1. The number of nitrogens with one attached hydrogen (secondary N) is 1. The van der Waals surface area contributed by atoms with Gasteiger partial charge in [-0.15, -0.1) is 0 Å². The Morgan fingerprint density at radius 2 is 2.15 bits per heavy atom. The molecule has 0 aromatic rings. The topological polar surface area (TPSA) is 61.8 Å². The highest BCUT2D eigenvalue weighted by atomic mass is 19.4. The summed E-state index contributed by atoms with van der Waals surface area (Å²) in [6.45, 7) is 5.23. The number of aliphatic hydroxyl groups is 1. The molecule has 0 spiro atoms. The number of hydrogen-bond acceptors (Lipinski definition) is 4. The molecule has 0 saturated heterocycles. The number of hydrogen-bond donors (Lipinski definition) is 2. The molecule has 1 aliphatic heterocycles. The van der Waals surface area contributed by atoms with Crippen LogP contribution in [0.3, 0.4) is 0 Å². The molecule has 1 heterocycles. The maximum Gasteiger partial charge on any atom is 0.442 e. The number of alkyl halides is 3. The molecular formula is C12H19F3N2O3. The van der Waals surface area contributed by atoms with Gasteiger partial charge in [0.15, 0.2) is 0 Å². The molecular weight excluding hydrogens is 277 g/mol. The van der Waals surface area contributed by atoms with Gasteiger partial charge in [-0.3, -0.25) is 5.43 Å². The van der Waals surface area contributed by atoms with Crippen LogP contribution in [0.25, 0.3) is 0 Å². The first kappa shape index (κ1) is 16.6. The van der Waals surface area contributed by atoms with Gasteiger partial charge in [0, 0.05) is 11.8 Å². The highest BCUT2D eigenvalue weighted by molar-refractivity contribution is 5.69. The average molecular weight is 296 g/mol. The first-order valence-corrected chi connectivity index (χ1v) is 6.36. The Balaban J connectivity index is 2.95. The standard InChI is InChI=1S/C12H19F3N2O3/c1-4-20-10(18)17-11(19,12(13,14)15)7-9(16-17)6-5-8(2)3/h7-8,16,19H,4-6H2,1-3H3. The van der Waals surface area contributed by atoms with Crippen molar-refractivity contribution >= 4 is 6.09 Å². The van der Waals surface area contributed by atoms with E-state index < -0.39 is 18.0 Å². The number of carbonyl (C=O) groups is 1. The number of allylic oxidation sites excluding steroid dienone is 1. The molecule has 0 radical (unpaired) electrons. The molecule has 2 N–H and O–H groups in total. The lowest BCUT2D eigenvalue weighted by molar-refractivity contribution is -0.285. The zero-order valence-corrected chi connectivity index (χ0v) is 11.6. The maximum absolute atomic E-state index is 13.0. The fourth-order valence-electron chi connectivity index (χ4n) is 1.72. The summed E-state index contributed by atoms with van der Waals surface area (Å²) in [7, 11) is 0. The van der Waals surface area contributed by atoms with Gasteiger partial charge in [0.2, 0.25) is 0 Å². The zero-order chi connectivity index (χ0) is 15.6. The van der Waals surface area contributed by atoms with E-state index in [1.165, 1.54) is 6.92 Å². The van der Waals surface area contributed by atoms with Crippen LogP contribution in [0, 0.1) is 5.92 Å². The van der Waals surface area contributed by atoms with Gasteiger partial charge in [0.1, 0.15) is 0 Å². The highest BCUT2D eigenvalue weighted by Gasteiger charge is 2.62. The van der Waals surface area contributed by atoms with Gasteiger partial charge in [-0.2, -0.15) is 18.2 Å². The Labute approximate surface area is 115 Å². The van der Waals surface area contributed by atoms with E-state index in [1.807, 2.05) is 13.8 Å². The second-order valence-electron chi connectivity index (χ2n) is 4.97. The van der Waals surface area contributed by atoms with Crippen molar-refractivity contribution in [2.45, 2.75) is 45.5 Å². The minimum absolute atomic E-state index is 0.0756. The number of ether oxygens (including phenoxy) is 1. The van der Waals surface area contributed by atoms with E-state index in [0.717, 1.165) is 0 Å². The van der Waals surface area contributed by atoms with E-state index >= 15 is 0 Å². The van der Waals surface area contributed by atoms with Crippen molar-refractivity contribution in [3.05, 3.63) is 11.8 Å². The average Bonchev–Trinajstić information content (AvgIpc) is 2.65. The molecule has 1 amide bonds. The molecule has 5 nitrogen and oxygen atoms in total. The highest BCUT2D eigenvalue weighted by Crippen LogP contribution is 2.38. The summed E-state index contributed by atoms with van der Waals surface area (Å²) in [4.78, 5) is 11.5. The second-order valence-corrected chi connectivity index (χ2v) is 4.97. The van der Waals surface area contributed by atoms with Crippen molar-refractivity contribution in [1.29, 1.82) is 0 Å². The van der Waals surface area contributed by atoms with Crippen molar-refractivity contribution in [2.24, 2.45) is 5.92 Å². The summed E-state index contributed by atoms with van der Waals surface area (Å²) in [5, 5.41) is 9.86. The molecule has 1 rings (SSSR count). The fraction of sp³-hybridized carbons (Fsp3) is 0.750. The molecule has 20 heavy (non-hydrogen) atoms. The molecule has 0 aromatic heterocycles. The third kappa shape index (κ3) is 3.36. The molecule has 0 saturated carbocycles. The van der Waals surface area contributed by atoms with Gasteiger partial charge < -0.3 is 9.84 Å². The molecule has 0 aliphatic carbocycles. The molecule has 1 aliphatic rings. The number of nitrogens with zero attached hydrogens (tertiary/aromatic N) is 1. The monoisotopic (exact) mass is 296 g/mol. The maximum atomic E-state index is 13.0. The van der Waals surface area contributed by atoms with Crippen LogP contribution in [0.4, 0.5) is 18.0 Å². The van der Waals surface area contributed by atoms with Crippen LogP contribution in [0.1, 0.15) is 33.6 Å². The van der Waals surface area contributed by atoms with Crippen LogP contribution in [-0.4, -0.2) is 34.7 Å². The third-order valence-corrected chi connectivity index (χ3v) is 2.83. The first-order chi connectivity index (χ1) is 9.11. The van der Waals surface area contributed by atoms with E-state index in [9.17, 15) is 23.1 Å². The summed E-state index contributed by atoms with van der Waals surface area (Å²) in [6, 6.07) is 0. The van der Waals surface area contributed by atoms with Crippen molar-refractivity contribution in [3.8, 4) is 0 Å². The molecule has 1 unspecified atom stereocenters. The van der Waals surface area contributed by atoms with Crippen molar-refractivity contribution in [1.82, 2.24) is 10.4 Å². The smallest absolute Gasteiger partial charge is 0.442 e. The summed E-state index contributed by atoms with van der Waals surface area (Å²) < 4.78 is 43.5. The number of hydrazine groups is 1. The van der Waals surface area contributed by atoms with Crippen molar-refractivity contribution in [2.75, 3.05) is 6.61 Å². The Bertz CT molecular complexity index is 396. The van der Waals surface area contributed by atoms with E-state index in [2.05, 4.69) is 10.2 Å². The van der Waals surface area contributed by atoms with Crippen molar-refractivity contribution in [3.63, 3.8) is 0 Å².